The SMILES string of the molecule is CC[C@@H](C(=O)Nc1cccc(OC)c1)N(c1ccc(F)c(Cl)c1)S(C)(=O)=O. The maximum Gasteiger partial charge on any atom is 0.248 e. The van der Waals surface area contributed by atoms with Gasteiger partial charge >= 0.3 is 0 Å². The molecule has 9 heteroatoms. The van der Waals surface area contributed by atoms with E-state index >= 15 is 0 Å². The minimum Gasteiger partial charge on any atom is -0.497 e. The number of hydrogen-bond donors (Lipinski definition) is 1. The van der Waals surface area contributed by atoms with Gasteiger partial charge in [0.05, 0.1) is 24.1 Å². The second kappa shape index (κ2) is 8.58. The number of benzene rings is 2. The molecule has 0 heterocycles. The molecule has 0 aliphatic heterocycles. The number of amides is 1. The number of methoxy groups -OCH3 is 1. The number of hydrogen-bond acceptors (Lipinski definition) is 4. The number of carbonyl (C=O) groups is 1. The van der Waals surface area contributed by atoms with E-state index in [-0.39, 0.29) is 17.1 Å². The second-order valence-corrected chi connectivity index (χ2v) is 8.07. The van der Waals surface area contributed by atoms with Crippen LogP contribution in [0.25, 0.3) is 0 Å². The Hall–Kier alpha value is -2.32. The van der Waals surface area contributed by atoms with Gasteiger partial charge in [0, 0.05) is 11.8 Å². The Kier molecular flexibility index (Phi) is 6.67. The molecule has 0 unspecified atom stereocenters. The Morgan fingerprint density at radius 2 is 2.00 bits per heavy atom. The van der Waals surface area contributed by atoms with Crippen molar-refractivity contribution in [2.45, 2.75) is 19.4 Å². The zero-order valence-electron chi connectivity index (χ0n) is 15.1. The van der Waals surface area contributed by atoms with Crippen LogP contribution in [0.5, 0.6) is 5.75 Å². The van der Waals surface area contributed by atoms with Crippen molar-refractivity contribution in [1.82, 2.24) is 0 Å². The molecule has 0 aliphatic carbocycles. The normalized spacial score (nSPS) is 12.3. The van der Waals surface area contributed by atoms with Crippen molar-refractivity contribution in [2.75, 3.05) is 23.0 Å². The lowest BCUT2D eigenvalue weighted by Gasteiger charge is -2.30. The third kappa shape index (κ3) is 5.11. The molecule has 2 aromatic carbocycles. The largest absolute Gasteiger partial charge is 0.497 e. The van der Waals surface area contributed by atoms with E-state index in [1.807, 2.05) is 0 Å². The minimum atomic E-state index is -3.84. The van der Waals surface area contributed by atoms with E-state index < -0.39 is 27.8 Å². The minimum absolute atomic E-state index is 0.108. The molecule has 0 fully saturated rings. The van der Waals surface area contributed by atoms with Gasteiger partial charge in [-0.3, -0.25) is 9.10 Å². The number of rotatable bonds is 7. The van der Waals surface area contributed by atoms with Crippen LogP contribution >= 0.6 is 11.6 Å². The first-order chi connectivity index (χ1) is 12.7. The average molecular weight is 415 g/mol. The standard InChI is InChI=1S/C18H20ClFN2O4S/c1-4-17(18(23)21-12-6-5-7-14(10-12)26-2)22(27(3,24)25)13-8-9-16(20)15(19)11-13/h5-11,17H,4H2,1-3H3,(H,21,23)/t17-/m0/s1. The van der Waals surface area contributed by atoms with Gasteiger partial charge < -0.3 is 10.1 Å². The first-order valence-corrected chi connectivity index (χ1v) is 10.3. The molecule has 0 saturated carbocycles. The van der Waals surface area contributed by atoms with Gasteiger partial charge in [-0.15, -0.1) is 0 Å². The molecule has 0 bridgehead atoms. The number of nitrogens with one attached hydrogen (secondary N) is 1. The van der Waals surface area contributed by atoms with Crippen molar-refractivity contribution in [3.8, 4) is 5.75 Å². The van der Waals surface area contributed by atoms with Crippen LogP contribution in [0.15, 0.2) is 42.5 Å². The van der Waals surface area contributed by atoms with Gasteiger partial charge in [0.15, 0.2) is 0 Å². The van der Waals surface area contributed by atoms with Crippen LogP contribution in [-0.4, -0.2) is 33.7 Å². The molecule has 1 amide bonds. The van der Waals surface area contributed by atoms with Gasteiger partial charge in [-0.1, -0.05) is 24.6 Å². The Morgan fingerprint density at radius 3 is 2.56 bits per heavy atom. The molecule has 146 valence electrons. The zero-order chi connectivity index (χ0) is 20.2. The lowest BCUT2D eigenvalue weighted by Crippen LogP contribution is -2.47. The summed E-state index contributed by atoms with van der Waals surface area (Å²) in [6.07, 6.45) is 1.17. The summed E-state index contributed by atoms with van der Waals surface area (Å²) in [5.74, 6) is -0.662. The smallest absolute Gasteiger partial charge is 0.248 e. The molecule has 27 heavy (non-hydrogen) atoms. The topological polar surface area (TPSA) is 75.7 Å². The first-order valence-electron chi connectivity index (χ1n) is 8.06. The molecular weight excluding hydrogens is 395 g/mol. The molecule has 1 N–H and O–H groups in total. The van der Waals surface area contributed by atoms with E-state index in [4.69, 9.17) is 16.3 Å². The fraction of sp³-hybridized carbons (Fsp3) is 0.278. The van der Waals surface area contributed by atoms with Crippen LogP contribution < -0.4 is 14.4 Å². The first kappa shape index (κ1) is 21.0. The average Bonchev–Trinajstić information content (AvgIpc) is 2.61. The number of carbonyl (C=O) groups excluding carboxylic acids is 1. The molecular formula is C18H20ClFN2O4S. The second-order valence-electron chi connectivity index (χ2n) is 5.80. The summed E-state index contributed by atoms with van der Waals surface area (Å²) < 4.78 is 44.3. The predicted molar refractivity (Wildman–Crippen MR) is 104 cm³/mol. The Labute approximate surface area is 162 Å². The lowest BCUT2D eigenvalue weighted by molar-refractivity contribution is -0.117. The quantitative estimate of drug-likeness (QED) is 0.750. The number of ether oxygens (including phenoxy) is 1. The highest BCUT2D eigenvalue weighted by molar-refractivity contribution is 7.92. The highest BCUT2D eigenvalue weighted by Gasteiger charge is 2.32. The number of sulfonamides is 1. The van der Waals surface area contributed by atoms with Crippen LogP contribution in [0.4, 0.5) is 15.8 Å². The van der Waals surface area contributed by atoms with E-state index in [0.29, 0.717) is 11.4 Å². The molecule has 0 spiro atoms. The Bertz CT molecular complexity index is 937. The molecule has 0 radical (unpaired) electrons. The van der Waals surface area contributed by atoms with Crippen molar-refractivity contribution in [3.63, 3.8) is 0 Å². The highest BCUT2D eigenvalue weighted by Crippen LogP contribution is 2.28. The third-order valence-electron chi connectivity index (χ3n) is 3.82. The molecule has 0 aromatic heterocycles. The van der Waals surface area contributed by atoms with Gasteiger partial charge in [0.25, 0.3) is 0 Å². The fourth-order valence-electron chi connectivity index (χ4n) is 2.61. The third-order valence-corrected chi connectivity index (χ3v) is 5.29. The Morgan fingerprint density at radius 1 is 1.30 bits per heavy atom. The van der Waals surface area contributed by atoms with Gasteiger partial charge in [0.1, 0.15) is 17.6 Å². The number of halogens is 2. The maximum absolute atomic E-state index is 13.5. The van der Waals surface area contributed by atoms with E-state index in [0.717, 1.165) is 16.6 Å². The van der Waals surface area contributed by atoms with Gasteiger partial charge in [-0.05, 0) is 36.8 Å². The summed E-state index contributed by atoms with van der Waals surface area (Å²) in [6.45, 7) is 1.68. The molecule has 0 saturated heterocycles. The van der Waals surface area contributed by atoms with Crippen molar-refractivity contribution in [2.24, 2.45) is 0 Å². The zero-order valence-corrected chi connectivity index (χ0v) is 16.6. The fourth-order valence-corrected chi connectivity index (χ4v) is 3.99. The van der Waals surface area contributed by atoms with Crippen LogP contribution in [0.3, 0.4) is 0 Å². The van der Waals surface area contributed by atoms with Crippen LogP contribution in [0.2, 0.25) is 5.02 Å². The van der Waals surface area contributed by atoms with Crippen LogP contribution in [0.1, 0.15) is 13.3 Å². The molecule has 2 rings (SSSR count). The summed E-state index contributed by atoms with van der Waals surface area (Å²) in [5.41, 5.74) is 0.569. The van der Waals surface area contributed by atoms with Crippen molar-refractivity contribution >= 4 is 38.9 Å². The molecule has 0 aliphatic rings. The predicted octanol–water partition coefficient (Wildman–Crippen LogP) is 3.67. The van der Waals surface area contributed by atoms with Crippen molar-refractivity contribution < 1.29 is 22.3 Å². The van der Waals surface area contributed by atoms with E-state index in [1.54, 1.807) is 31.2 Å². The summed E-state index contributed by atoms with van der Waals surface area (Å²) in [6, 6.07) is 9.15. The lowest BCUT2D eigenvalue weighted by atomic mass is 10.1. The molecule has 1 atom stereocenters. The van der Waals surface area contributed by atoms with Crippen LogP contribution in [0, 0.1) is 5.82 Å². The maximum atomic E-state index is 13.5. The summed E-state index contributed by atoms with van der Waals surface area (Å²) in [5, 5.41) is 2.45. The summed E-state index contributed by atoms with van der Waals surface area (Å²) >= 11 is 5.79. The van der Waals surface area contributed by atoms with Gasteiger partial charge in [-0.2, -0.15) is 0 Å². The Balaban J connectivity index is 2.39. The molecule has 6 nitrogen and oxygen atoms in total. The number of anilines is 2. The van der Waals surface area contributed by atoms with E-state index in [9.17, 15) is 17.6 Å². The van der Waals surface area contributed by atoms with E-state index in [2.05, 4.69) is 5.32 Å². The van der Waals surface area contributed by atoms with Gasteiger partial charge in [-0.25, -0.2) is 12.8 Å². The highest BCUT2D eigenvalue weighted by atomic mass is 35.5. The van der Waals surface area contributed by atoms with E-state index in [1.165, 1.54) is 19.2 Å². The van der Waals surface area contributed by atoms with Crippen LogP contribution in [-0.2, 0) is 14.8 Å². The number of nitrogens with zero attached hydrogens (tertiary/aromatic N) is 1. The monoisotopic (exact) mass is 414 g/mol. The van der Waals surface area contributed by atoms with Crippen molar-refractivity contribution in [3.05, 3.63) is 53.3 Å². The van der Waals surface area contributed by atoms with Gasteiger partial charge in [0.2, 0.25) is 15.9 Å². The summed E-state index contributed by atoms with van der Waals surface area (Å²) in [4.78, 5) is 12.8. The summed E-state index contributed by atoms with van der Waals surface area (Å²) in [7, 11) is -2.34. The van der Waals surface area contributed by atoms with Crippen molar-refractivity contribution in [1.29, 1.82) is 0 Å². The molecule has 2 aromatic rings.